The fraction of sp³-hybridized carbons (Fsp3) is 0.200. The second-order valence-corrected chi connectivity index (χ2v) is 7.64. The lowest BCUT2D eigenvalue weighted by Crippen LogP contribution is -2.10. The smallest absolute Gasteiger partial charge is 0.292 e. The summed E-state index contributed by atoms with van der Waals surface area (Å²) < 4.78 is 5.69. The molecule has 26 heavy (non-hydrogen) atoms. The number of furan rings is 1. The fourth-order valence-electron chi connectivity index (χ4n) is 3.20. The summed E-state index contributed by atoms with van der Waals surface area (Å²) in [5, 5.41) is 13.5. The molecule has 0 atom stereocenters. The number of amides is 1. The molecule has 2 heterocycles. The molecule has 1 amide bonds. The second kappa shape index (κ2) is 6.99. The SMILES string of the molecule is N#Cc1c(NC(=O)c2ccc(-c3ccccc3Cl)o2)sc2c1CCCC2. The van der Waals surface area contributed by atoms with Crippen molar-refractivity contribution in [3.05, 3.63) is 63.2 Å². The minimum atomic E-state index is -0.363. The van der Waals surface area contributed by atoms with E-state index in [1.165, 1.54) is 16.2 Å². The summed E-state index contributed by atoms with van der Waals surface area (Å²) in [6.45, 7) is 0. The lowest BCUT2D eigenvalue weighted by Gasteiger charge is -2.09. The zero-order valence-electron chi connectivity index (χ0n) is 13.8. The minimum absolute atomic E-state index is 0.190. The number of rotatable bonds is 3. The highest BCUT2D eigenvalue weighted by Crippen LogP contribution is 2.38. The van der Waals surface area contributed by atoms with Gasteiger partial charge in [-0.05, 0) is 55.5 Å². The van der Waals surface area contributed by atoms with Gasteiger partial charge in [-0.15, -0.1) is 11.3 Å². The molecule has 0 radical (unpaired) electrons. The highest BCUT2D eigenvalue weighted by Gasteiger charge is 2.23. The Morgan fingerprint density at radius 3 is 2.81 bits per heavy atom. The van der Waals surface area contributed by atoms with Gasteiger partial charge < -0.3 is 9.73 Å². The van der Waals surface area contributed by atoms with E-state index in [0.717, 1.165) is 36.8 Å². The number of nitriles is 1. The van der Waals surface area contributed by atoms with Crippen molar-refractivity contribution in [1.29, 1.82) is 5.26 Å². The van der Waals surface area contributed by atoms with Gasteiger partial charge in [0.05, 0.1) is 10.6 Å². The van der Waals surface area contributed by atoms with Crippen LogP contribution in [0.3, 0.4) is 0 Å². The predicted molar refractivity (Wildman–Crippen MR) is 103 cm³/mol. The van der Waals surface area contributed by atoms with Crippen LogP contribution in [0.1, 0.15) is 39.4 Å². The van der Waals surface area contributed by atoms with Gasteiger partial charge in [0.1, 0.15) is 16.8 Å². The van der Waals surface area contributed by atoms with E-state index < -0.39 is 0 Å². The monoisotopic (exact) mass is 382 g/mol. The molecule has 0 unspecified atom stereocenters. The number of hydrogen-bond donors (Lipinski definition) is 1. The summed E-state index contributed by atoms with van der Waals surface area (Å²) in [5.41, 5.74) is 2.42. The zero-order valence-corrected chi connectivity index (χ0v) is 15.4. The largest absolute Gasteiger partial charge is 0.451 e. The Morgan fingerprint density at radius 1 is 1.19 bits per heavy atom. The van der Waals surface area contributed by atoms with E-state index in [9.17, 15) is 10.1 Å². The molecule has 1 N–H and O–H groups in total. The molecule has 4 rings (SSSR count). The number of halogens is 1. The van der Waals surface area contributed by atoms with Crippen molar-refractivity contribution < 1.29 is 9.21 Å². The van der Waals surface area contributed by atoms with Gasteiger partial charge in [0.2, 0.25) is 0 Å². The zero-order chi connectivity index (χ0) is 18.1. The summed E-state index contributed by atoms with van der Waals surface area (Å²) in [6, 6.07) is 12.9. The van der Waals surface area contributed by atoms with Crippen molar-refractivity contribution in [2.24, 2.45) is 0 Å². The first kappa shape index (κ1) is 16.9. The van der Waals surface area contributed by atoms with Crippen LogP contribution in [0, 0.1) is 11.3 Å². The predicted octanol–water partition coefficient (Wildman–Crippen LogP) is 5.66. The molecule has 4 nitrogen and oxygen atoms in total. The molecule has 0 fully saturated rings. The number of benzene rings is 1. The van der Waals surface area contributed by atoms with Gasteiger partial charge in [-0.1, -0.05) is 23.7 Å². The third kappa shape index (κ3) is 3.03. The molecule has 1 aliphatic rings. The average Bonchev–Trinajstić information content (AvgIpc) is 3.26. The Labute approximate surface area is 160 Å². The van der Waals surface area contributed by atoms with Gasteiger partial charge in [-0.25, -0.2) is 0 Å². The number of anilines is 1. The lowest BCUT2D eigenvalue weighted by molar-refractivity contribution is 0.0998. The fourth-order valence-corrected chi connectivity index (χ4v) is 4.67. The van der Waals surface area contributed by atoms with E-state index in [-0.39, 0.29) is 11.7 Å². The Bertz CT molecular complexity index is 1030. The van der Waals surface area contributed by atoms with Gasteiger partial charge in [0, 0.05) is 10.4 Å². The number of fused-ring (bicyclic) bond motifs is 1. The van der Waals surface area contributed by atoms with Gasteiger partial charge in [0.25, 0.3) is 5.91 Å². The van der Waals surface area contributed by atoms with Crippen LogP contribution in [-0.4, -0.2) is 5.91 Å². The molecule has 6 heteroatoms. The number of nitrogens with zero attached hydrogens (tertiary/aromatic N) is 1. The first-order valence-corrected chi connectivity index (χ1v) is 9.57. The maximum atomic E-state index is 12.6. The quantitative estimate of drug-likeness (QED) is 0.635. The van der Waals surface area contributed by atoms with Crippen molar-refractivity contribution >= 4 is 33.8 Å². The summed E-state index contributed by atoms with van der Waals surface area (Å²) in [7, 11) is 0. The van der Waals surface area contributed by atoms with Crippen LogP contribution < -0.4 is 5.32 Å². The van der Waals surface area contributed by atoms with Crippen LogP contribution in [0.15, 0.2) is 40.8 Å². The Balaban J connectivity index is 1.59. The lowest BCUT2D eigenvalue weighted by atomic mass is 9.96. The topological polar surface area (TPSA) is 66.0 Å². The van der Waals surface area contributed by atoms with E-state index in [4.69, 9.17) is 16.0 Å². The Kier molecular flexibility index (Phi) is 4.54. The average molecular weight is 383 g/mol. The van der Waals surface area contributed by atoms with Crippen molar-refractivity contribution in [2.75, 3.05) is 5.32 Å². The first-order valence-electron chi connectivity index (χ1n) is 8.38. The highest BCUT2D eigenvalue weighted by molar-refractivity contribution is 7.16. The molecule has 0 saturated heterocycles. The molecule has 1 aliphatic carbocycles. The Hall–Kier alpha value is -2.55. The van der Waals surface area contributed by atoms with E-state index in [1.807, 2.05) is 18.2 Å². The third-order valence-electron chi connectivity index (χ3n) is 4.48. The van der Waals surface area contributed by atoms with E-state index >= 15 is 0 Å². The summed E-state index contributed by atoms with van der Waals surface area (Å²) in [4.78, 5) is 13.8. The summed E-state index contributed by atoms with van der Waals surface area (Å²) >= 11 is 7.68. The summed E-state index contributed by atoms with van der Waals surface area (Å²) in [5.74, 6) is 0.361. The number of hydrogen-bond acceptors (Lipinski definition) is 4. The normalized spacial score (nSPS) is 13.1. The van der Waals surface area contributed by atoms with Crippen LogP contribution in [-0.2, 0) is 12.8 Å². The van der Waals surface area contributed by atoms with Crippen molar-refractivity contribution in [3.63, 3.8) is 0 Å². The molecular weight excluding hydrogens is 368 g/mol. The number of thiophene rings is 1. The van der Waals surface area contributed by atoms with Crippen molar-refractivity contribution in [3.8, 4) is 17.4 Å². The summed E-state index contributed by atoms with van der Waals surface area (Å²) in [6.07, 6.45) is 4.10. The highest BCUT2D eigenvalue weighted by atomic mass is 35.5. The van der Waals surface area contributed by atoms with Gasteiger partial charge in [-0.2, -0.15) is 5.26 Å². The molecule has 0 aliphatic heterocycles. The molecule has 3 aromatic rings. The number of carbonyl (C=O) groups excluding carboxylic acids is 1. The molecule has 2 aromatic heterocycles. The van der Waals surface area contributed by atoms with Crippen molar-refractivity contribution in [1.82, 2.24) is 0 Å². The van der Waals surface area contributed by atoms with Crippen LogP contribution in [0.5, 0.6) is 0 Å². The molecule has 0 bridgehead atoms. The number of aryl methyl sites for hydroxylation is 1. The second-order valence-electron chi connectivity index (χ2n) is 6.12. The molecule has 130 valence electrons. The van der Waals surface area contributed by atoms with Crippen LogP contribution in [0.4, 0.5) is 5.00 Å². The molecule has 0 spiro atoms. The Morgan fingerprint density at radius 2 is 2.00 bits per heavy atom. The van der Waals surface area contributed by atoms with E-state index in [0.29, 0.717) is 21.3 Å². The molecular formula is C20H15ClN2O2S. The van der Waals surface area contributed by atoms with E-state index in [2.05, 4.69) is 11.4 Å². The molecule has 1 aromatic carbocycles. The maximum absolute atomic E-state index is 12.6. The van der Waals surface area contributed by atoms with Gasteiger partial charge in [-0.3, -0.25) is 4.79 Å². The number of carbonyl (C=O) groups is 1. The standard InChI is InChI=1S/C20H15ClN2O2S/c21-15-7-3-1-6-13(15)16-9-10-17(25-16)19(24)23-20-14(11-22)12-5-2-4-8-18(12)26-20/h1,3,6-7,9-10H,2,4-5,8H2,(H,23,24). The maximum Gasteiger partial charge on any atom is 0.292 e. The number of nitrogens with one attached hydrogen (secondary N) is 1. The van der Waals surface area contributed by atoms with Gasteiger partial charge in [0.15, 0.2) is 5.76 Å². The van der Waals surface area contributed by atoms with Crippen LogP contribution in [0.25, 0.3) is 11.3 Å². The van der Waals surface area contributed by atoms with Gasteiger partial charge >= 0.3 is 0 Å². The first-order chi connectivity index (χ1) is 12.7. The van der Waals surface area contributed by atoms with Crippen molar-refractivity contribution in [2.45, 2.75) is 25.7 Å². The minimum Gasteiger partial charge on any atom is -0.451 e. The van der Waals surface area contributed by atoms with Crippen LogP contribution >= 0.6 is 22.9 Å². The van der Waals surface area contributed by atoms with Crippen LogP contribution in [0.2, 0.25) is 5.02 Å². The molecule has 0 saturated carbocycles. The third-order valence-corrected chi connectivity index (χ3v) is 6.02. The van der Waals surface area contributed by atoms with E-state index in [1.54, 1.807) is 18.2 Å².